The van der Waals surface area contributed by atoms with Gasteiger partial charge in [0.25, 0.3) is 0 Å². The number of rotatable bonds is 7. The third kappa shape index (κ3) is 6.21. The van der Waals surface area contributed by atoms with E-state index in [-0.39, 0.29) is 35.7 Å². The maximum absolute atomic E-state index is 11.7. The lowest BCUT2D eigenvalue weighted by atomic mass is 9.95. The number of esters is 1. The average molecular weight is 260 g/mol. The first-order valence-electron chi connectivity index (χ1n) is 5.62. The second-order valence-electron chi connectivity index (χ2n) is 3.97. The molecule has 0 rings (SSSR count). The summed E-state index contributed by atoms with van der Waals surface area (Å²) in [5.41, 5.74) is 5.50. The predicted octanol–water partition coefficient (Wildman–Crippen LogP) is 0.614. The first kappa shape index (κ1) is 15.8. The van der Waals surface area contributed by atoms with Gasteiger partial charge in [-0.05, 0) is 12.8 Å². The van der Waals surface area contributed by atoms with E-state index in [1.54, 1.807) is 6.92 Å². The number of ether oxygens (including phenoxy) is 1. The normalized spacial score (nSPS) is 12.0. The molecule has 0 bridgehead atoms. The maximum Gasteiger partial charge on any atom is 0.307 e. The summed E-state index contributed by atoms with van der Waals surface area (Å²) >= 11 is 4.84. The quantitative estimate of drug-likeness (QED) is 0.518. The van der Waals surface area contributed by atoms with Crippen molar-refractivity contribution in [2.75, 3.05) is 13.2 Å². The monoisotopic (exact) mass is 260 g/mol. The summed E-state index contributed by atoms with van der Waals surface area (Å²) in [6, 6.07) is 0. The first-order valence-corrected chi connectivity index (χ1v) is 6.03. The molecule has 0 saturated carbocycles. The number of nitrogens with two attached hydrogens (primary N) is 1. The lowest BCUT2D eigenvalue weighted by Crippen LogP contribution is -2.41. The molecule has 1 amide bonds. The van der Waals surface area contributed by atoms with Crippen LogP contribution in [0.15, 0.2) is 0 Å². The van der Waals surface area contributed by atoms with E-state index < -0.39 is 5.92 Å². The highest BCUT2D eigenvalue weighted by atomic mass is 32.1. The van der Waals surface area contributed by atoms with Crippen LogP contribution >= 0.6 is 12.2 Å². The van der Waals surface area contributed by atoms with Gasteiger partial charge in [0, 0.05) is 6.54 Å². The number of carbonyl (C=O) groups is 2. The van der Waals surface area contributed by atoms with Gasteiger partial charge in [0.15, 0.2) is 0 Å². The van der Waals surface area contributed by atoms with E-state index in [2.05, 4.69) is 5.32 Å². The second kappa shape index (κ2) is 8.00. The number of thiocarbonyl (C=S) groups is 1. The van der Waals surface area contributed by atoms with Crippen molar-refractivity contribution in [1.29, 1.82) is 0 Å². The van der Waals surface area contributed by atoms with Crippen LogP contribution in [0.25, 0.3) is 0 Å². The van der Waals surface area contributed by atoms with Crippen molar-refractivity contribution in [3.63, 3.8) is 0 Å². The molecule has 0 fully saturated rings. The van der Waals surface area contributed by atoms with Gasteiger partial charge in [-0.2, -0.15) is 0 Å². The Morgan fingerprint density at radius 1 is 1.41 bits per heavy atom. The van der Waals surface area contributed by atoms with Crippen LogP contribution < -0.4 is 11.1 Å². The van der Waals surface area contributed by atoms with E-state index in [1.165, 1.54) is 0 Å². The Balaban J connectivity index is 4.08. The highest BCUT2D eigenvalue weighted by molar-refractivity contribution is 7.80. The summed E-state index contributed by atoms with van der Waals surface area (Å²) in [6.45, 7) is 6.05. The number of amides is 1. The minimum Gasteiger partial charge on any atom is -0.466 e. The van der Waals surface area contributed by atoms with Crippen LogP contribution in [0, 0.1) is 11.8 Å². The third-order valence-electron chi connectivity index (χ3n) is 2.19. The molecule has 0 spiro atoms. The zero-order chi connectivity index (χ0) is 13.4. The molecule has 0 aromatic heterocycles. The Morgan fingerprint density at radius 3 is 2.41 bits per heavy atom. The summed E-state index contributed by atoms with van der Waals surface area (Å²) in [4.78, 5) is 22.9. The van der Waals surface area contributed by atoms with Gasteiger partial charge in [0.1, 0.15) is 0 Å². The Labute approximate surface area is 107 Å². The third-order valence-corrected chi connectivity index (χ3v) is 2.44. The Hall–Kier alpha value is -1.17. The van der Waals surface area contributed by atoms with Crippen molar-refractivity contribution in [3.05, 3.63) is 0 Å². The van der Waals surface area contributed by atoms with Gasteiger partial charge in [0.2, 0.25) is 5.91 Å². The minimum absolute atomic E-state index is 0.0371. The molecule has 0 aliphatic carbocycles. The topological polar surface area (TPSA) is 81.4 Å². The van der Waals surface area contributed by atoms with E-state index >= 15 is 0 Å². The average Bonchev–Trinajstić information content (AvgIpc) is 2.16. The molecule has 0 aromatic carbocycles. The Bertz CT molecular complexity index is 292. The lowest BCUT2D eigenvalue weighted by Gasteiger charge is -2.18. The van der Waals surface area contributed by atoms with Gasteiger partial charge in [0.05, 0.1) is 23.9 Å². The zero-order valence-electron chi connectivity index (χ0n) is 10.5. The molecule has 1 unspecified atom stereocenters. The second-order valence-corrected chi connectivity index (χ2v) is 4.44. The number of hydrogen-bond acceptors (Lipinski definition) is 4. The van der Waals surface area contributed by atoms with E-state index in [0.29, 0.717) is 6.61 Å². The van der Waals surface area contributed by atoms with Crippen molar-refractivity contribution in [3.8, 4) is 0 Å². The van der Waals surface area contributed by atoms with Crippen LogP contribution in [0.4, 0.5) is 0 Å². The number of nitrogens with one attached hydrogen (secondary N) is 1. The molecule has 17 heavy (non-hydrogen) atoms. The molecule has 0 saturated heterocycles. The molecular formula is C11H20N2O3S. The minimum atomic E-state index is -0.493. The largest absolute Gasteiger partial charge is 0.466 e. The van der Waals surface area contributed by atoms with Gasteiger partial charge in [-0.15, -0.1) is 0 Å². The summed E-state index contributed by atoms with van der Waals surface area (Å²) in [5, 5.41) is 2.63. The zero-order valence-corrected chi connectivity index (χ0v) is 11.3. The van der Waals surface area contributed by atoms with E-state index in [4.69, 9.17) is 22.7 Å². The molecule has 98 valence electrons. The summed E-state index contributed by atoms with van der Waals surface area (Å²) in [7, 11) is 0. The van der Waals surface area contributed by atoms with E-state index in [1.807, 2.05) is 13.8 Å². The number of carbonyl (C=O) groups excluding carboxylic acids is 2. The maximum atomic E-state index is 11.7. The molecule has 6 heteroatoms. The standard InChI is InChI=1S/C11H20N2O3S/c1-4-16-8(14)5-6-13-11(15)9(7(2)3)10(12)17/h7,9H,4-6H2,1-3H3,(H2,12,17)(H,13,15). The molecule has 0 aliphatic rings. The first-order chi connectivity index (χ1) is 7.90. The molecule has 5 nitrogen and oxygen atoms in total. The fraction of sp³-hybridized carbons (Fsp3) is 0.727. The van der Waals surface area contributed by atoms with Crippen LogP contribution in [0.3, 0.4) is 0 Å². The molecule has 3 N–H and O–H groups in total. The molecule has 0 aromatic rings. The fourth-order valence-corrected chi connectivity index (χ4v) is 1.77. The highest BCUT2D eigenvalue weighted by Gasteiger charge is 2.24. The summed E-state index contributed by atoms with van der Waals surface area (Å²) in [5.74, 6) is -1.02. The van der Waals surface area contributed by atoms with Crippen molar-refractivity contribution < 1.29 is 14.3 Å². The molecule has 0 radical (unpaired) electrons. The smallest absolute Gasteiger partial charge is 0.307 e. The van der Waals surface area contributed by atoms with Gasteiger partial charge >= 0.3 is 5.97 Å². The molecule has 0 aliphatic heterocycles. The molecular weight excluding hydrogens is 240 g/mol. The van der Waals surface area contributed by atoms with Crippen LogP contribution in [0.2, 0.25) is 0 Å². The fourth-order valence-electron chi connectivity index (χ4n) is 1.39. The van der Waals surface area contributed by atoms with Crippen molar-refractivity contribution in [2.24, 2.45) is 17.6 Å². The highest BCUT2D eigenvalue weighted by Crippen LogP contribution is 2.11. The van der Waals surface area contributed by atoms with Gasteiger partial charge in [-0.1, -0.05) is 26.1 Å². The molecule has 1 atom stereocenters. The van der Waals surface area contributed by atoms with E-state index in [0.717, 1.165) is 0 Å². The van der Waals surface area contributed by atoms with E-state index in [9.17, 15) is 9.59 Å². The summed E-state index contributed by atoms with van der Waals surface area (Å²) in [6.07, 6.45) is 0.154. The van der Waals surface area contributed by atoms with Crippen LogP contribution in [0.5, 0.6) is 0 Å². The van der Waals surface area contributed by atoms with Crippen LogP contribution in [-0.2, 0) is 14.3 Å². The van der Waals surface area contributed by atoms with Crippen molar-refractivity contribution in [1.82, 2.24) is 5.32 Å². The number of hydrogen-bond donors (Lipinski definition) is 2. The Morgan fingerprint density at radius 2 is 2.00 bits per heavy atom. The molecule has 0 heterocycles. The van der Waals surface area contributed by atoms with Gasteiger partial charge in [-0.25, -0.2) is 0 Å². The Kier molecular flexibility index (Phi) is 7.45. The summed E-state index contributed by atoms with van der Waals surface area (Å²) < 4.78 is 4.74. The van der Waals surface area contributed by atoms with Crippen LogP contribution in [0.1, 0.15) is 27.2 Å². The lowest BCUT2D eigenvalue weighted by molar-refractivity contribution is -0.143. The van der Waals surface area contributed by atoms with Crippen molar-refractivity contribution in [2.45, 2.75) is 27.2 Å². The van der Waals surface area contributed by atoms with Crippen molar-refractivity contribution >= 4 is 29.1 Å². The van der Waals surface area contributed by atoms with Gasteiger partial charge < -0.3 is 15.8 Å². The SMILES string of the molecule is CCOC(=O)CCNC(=O)C(C(N)=S)C(C)C. The van der Waals surface area contributed by atoms with Gasteiger partial charge in [-0.3, -0.25) is 9.59 Å². The van der Waals surface area contributed by atoms with Crippen LogP contribution in [-0.4, -0.2) is 30.0 Å². The predicted molar refractivity (Wildman–Crippen MR) is 69.4 cm³/mol.